The van der Waals surface area contributed by atoms with Crippen molar-refractivity contribution in [2.45, 2.75) is 45.7 Å². The number of nitrogens with one attached hydrogen (secondary N) is 3. The third kappa shape index (κ3) is 2.76. The van der Waals surface area contributed by atoms with Crippen LogP contribution in [-0.4, -0.2) is 33.1 Å². The van der Waals surface area contributed by atoms with Gasteiger partial charge in [-0.1, -0.05) is 6.42 Å². The Kier molecular flexibility index (Phi) is 3.98. The van der Waals surface area contributed by atoms with Crippen molar-refractivity contribution in [3.8, 4) is 0 Å². The van der Waals surface area contributed by atoms with Crippen LogP contribution in [0.5, 0.6) is 0 Å². The van der Waals surface area contributed by atoms with Gasteiger partial charge in [0.2, 0.25) is 5.91 Å². The topological polar surface area (TPSA) is 91.3 Å². The van der Waals surface area contributed by atoms with Crippen LogP contribution in [-0.2, 0) is 11.3 Å². The minimum atomic E-state index is -0.178. The number of piperidine rings is 1. The summed E-state index contributed by atoms with van der Waals surface area (Å²) in [7, 11) is 0. The average molecular weight is 303 g/mol. The Hall–Kier alpha value is -2.15. The van der Waals surface area contributed by atoms with Crippen LogP contribution in [0.3, 0.4) is 0 Å². The molecule has 0 saturated carbocycles. The molecule has 22 heavy (non-hydrogen) atoms. The predicted octanol–water partition coefficient (Wildman–Crippen LogP) is 0.398. The molecule has 1 atom stereocenters. The number of fused-ring (bicyclic) bond motifs is 1. The van der Waals surface area contributed by atoms with Crippen molar-refractivity contribution >= 4 is 11.6 Å². The summed E-state index contributed by atoms with van der Waals surface area (Å²) in [5, 5.41) is 8.93. The van der Waals surface area contributed by atoms with E-state index < -0.39 is 0 Å². The highest BCUT2D eigenvalue weighted by molar-refractivity contribution is 5.81. The van der Waals surface area contributed by atoms with Crippen molar-refractivity contribution in [2.75, 3.05) is 6.54 Å². The zero-order valence-electron chi connectivity index (χ0n) is 12.9. The molecule has 7 heteroatoms. The van der Waals surface area contributed by atoms with Crippen LogP contribution < -0.4 is 16.2 Å². The van der Waals surface area contributed by atoms with Gasteiger partial charge in [-0.2, -0.15) is 0 Å². The van der Waals surface area contributed by atoms with Gasteiger partial charge in [-0.3, -0.25) is 14.7 Å². The SMILES string of the molecule is Cc1nc2cc(=O)[nH]n2c(C)c1CNC(=O)[C@H]1CCCCN1. The second kappa shape index (κ2) is 5.92. The molecule has 1 fully saturated rings. The summed E-state index contributed by atoms with van der Waals surface area (Å²) in [4.78, 5) is 28.1. The lowest BCUT2D eigenvalue weighted by molar-refractivity contribution is -0.123. The fraction of sp³-hybridized carbons (Fsp3) is 0.533. The lowest BCUT2D eigenvalue weighted by Crippen LogP contribution is -2.46. The third-order valence-corrected chi connectivity index (χ3v) is 4.27. The Morgan fingerprint density at radius 1 is 1.45 bits per heavy atom. The molecule has 1 aliphatic heterocycles. The van der Waals surface area contributed by atoms with E-state index in [1.807, 2.05) is 13.8 Å². The van der Waals surface area contributed by atoms with Crippen molar-refractivity contribution in [1.29, 1.82) is 0 Å². The first-order valence-electron chi connectivity index (χ1n) is 7.65. The van der Waals surface area contributed by atoms with Gasteiger partial charge in [-0.15, -0.1) is 0 Å². The molecule has 0 bridgehead atoms. The van der Waals surface area contributed by atoms with Crippen molar-refractivity contribution in [3.05, 3.63) is 33.4 Å². The highest BCUT2D eigenvalue weighted by atomic mass is 16.2. The summed E-state index contributed by atoms with van der Waals surface area (Å²) in [6.45, 7) is 5.12. The largest absolute Gasteiger partial charge is 0.351 e. The van der Waals surface area contributed by atoms with E-state index in [2.05, 4.69) is 20.7 Å². The number of hydrogen-bond donors (Lipinski definition) is 3. The number of aryl methyl sites for hydroxylation is 2. The van der Waals surface area contributed by atoms with Gasteiger partial charge in [0.05, 0.1) is 6.04 Å². The molecule has 0 spiro atoms. The third-order valence-electron chi connectivity index (χ3n) is 4.27. The van der Waals surface area contributed by atoms with Gasteiger partial charge >= 0.3 is 0 Å². The van der Waals surface area contributed by atoms with E-state index in [4.69, 9.17) is 0 Å². The molecule has 0 aliphatic carbocycles. The second-order valence-corrected chi connectivity index (χ2v) is 5.80. The number of aromatic nitrogens is 3. The molecule has 0 radical (unpaired) electrons. The van der Waals surface area contributed by atoms with Crippen LogP contribution in [0.25, 0.3) is 5.65 Å². The summed E-state index contributed by atoms with van der Waals surface area (Å²) < 4.78 is 1.66. The quantitative estimate of drug-likeness (QED) is 0.765. The zero-order valence-corrected chi connectivity index (χ0v) is 12.9. The summed E-state index contributed by atoms with van der Waals surface area (Å²) in [6, 6.07) is 1.37. The van der Waals surface area contributed by atoms with Gasteiger partial charge in [0.15, 0.2) is 5.65 Å². The van der Waals surface area contributed by atoms with E-state index in [0.29, 0.717) is 12.2 Å². The zero-order chi connectivity index (χ0) is 15.7. The molecule has 2 aromatic heterocycles. The maximum atomic E-state index is 12.2. The Bertz CT molecular complexity index is 755. The fourth-order valence-corrected chi connectivity index (χ4v) is 2.99. The van der Waals surface area contributed by atoms with Crippen LogP contribution in [0.15, 0.2) is 10.9 Å². The van der Waals surface area contributed by atoms with Gasteiger partial charge < -0.3 is 10.6 Å². The molecule has 0 unspecified atom stereocenters. The number of carbonyl (C=O) groups is 1. The fourth-order valence-electron chi connectivity index (χ4n) is 2.99. The van der Waals surface area contributed by atoms with Crippen molar-refractivity contribution < 1.29 is 4.79 Å². The van der Waals surface area contributed by atoms with Gasteiger partial charge in [-0.25, -0.2) is 9.50 Å². The number of H-pyrrole nitrogens is 1. The van der Waals surface area contributed by atoms with Crippen LogP contribution in [0.2, 0.25) is 0 Å². The molecule has 2 aromatic rings. The first-order chi connectivity index (χ1) is 10.6. The molecule has 3 N–H and O–H groups in total. The summed E-state index contributed by atoms with van der Waals surface area (Å²) >= 11 is 0. The van der Waals surface area contributed by atoms with Gasteiger partial charge in [0, 0.05) is 29.6 Å². The van der Waals surface area contributed by atoms with E-state index >= 15 is 0 Å². The minimum Gasteiger partial charge on any atom is -0.351 e. The van der Waals surface area contributed by atoms with Crippen LogP contribution in [0.1, 0.15) is 36.2 Å². The first-order valence-corrected chi connectivity index (χ1v) is 7.65. The van der Waals surface area contributed by atoms with Gasteiger partial charge in [-0.05, 0) is 33.2 Å². The van der Waals surface area contributed by atoms with Crippen LogP contribution >= 0.6 is 0 Å². The molecule has 0 aromatic carbocycles. The smallest absolute Gasteiger partial charge is 0.266 e. The average Bonchev–Trinajstić information content (AvgIpc) is 2.88. The van der Waals surface area contributed by atoms with E-state index in [9.17, 15) is 9.59 Å². The standard InChI is InChI=1S/C15H21N5O2/c1-9-11(8-17-15(22)12-5-3-4-6-16-12)10(2)20-13(18-9)7-14(21)19-20/h7,12,16H,3-6,8H2,1-2H3,(H,17,22)(H,19,21)/t12-/m1/s1. The molecule has 1 aliphatic rings. The molecular formula is C15H21N5O2. The number of aromatic amines is 1. The van der Waals surface area contributed by atoms with E-state index in [1.54, 1.807) is 4.52 Å². The second-order valence-electron chi connectivity index (χ2n) is 5.80. The Balaban J connectivity index is 1.78. The molecule has 1 saturated heterocycles. The Labute approximate surface area is 128 Å². The van der Waals surface area contributed by atoms with Crippen LogP contribution in [0, 0.1) is 13.8 Å². The summed E-state index contributed by atoms with van der Waals surface area (Å²) in [6.07, 6.45) is 3.09. The van der Waals surface area contributed by atoms with E-state index in [-0.39, 0.29) is 17.5 Å². The summed E-state index contributed by atoms with van der Waals surface area (Å²) in [5.74, 6) is 0.0274. The van der Waals surface area contributed by atoms with E-state index in [1.165, 1.54) is 6.07 Å². The van der Waals surface area contributed by atoms with Crippen molar-refractivity contribution in [1.82, 2.24) is 25.2 Å². The number of amides is 1. The Morgan fingerprint density at radius 2 is 2.27 bits per heavy atom. The highest BCUT2D eigenvalue weighted by Gasteiger charge is 2.20. The van der Waals surface area contributed by atoms with Crippen molar-refractivity contribution in [2.24, 2.45) is 0 Å². The monoisotopic (exact) mass is 303 g/mol. The minimum absolute atomic E-state index is 0.0274. The number of nitrogens with zero attached hydrogens (tertiary/aromatic N) is 2. The molecule has 118 valence electrons. The molecule has 3 heterocycles. The maximum absolute atomic E-state index is 12.2. The van der Waals surface area contributed by atoms with Crippen LogP contribution in [0.4, 0.5) is 0 Å². The first kappa shape index (κ1) is 14.8. The highest BCUT2D eigenvalue weighted by Crippen LogP contribution is 2.13. The number of carbonyl (C=O) groups excluding carboxylic acids is 1. The molecule has 1 amide bonds. The van der Waals surface area contributed by atoms with Crippen molar-refractivity contribution in [3.63, 3.8) is 0 Å². The van der Waals surface area contributed by atoms with Gasteiger partial charge in [0.25, 0.3) is 5.56 Å². The summed E-state index contributed by atoms with van der Waals surface area (Å²) in [5.41, 5.74) is 3.07. The number of hydrogen-bond acceptors (Lipinski definition) is 4. The lowest BCUT2D eigenvalue weighted by atomic mass is 10.0. The lowest BCUT2D eigenvalue weighted by Gasteiger charge is -2.23. The predicted molar refractivity (Wildman–Crippen MR) is 82.8 cm³/mol. The molecule has 7 nitrogen and oxygen atoms in total. The Morgan fingerprint density at radius 3 is 3.00 bits per heavy atom. The molecule has 3 rings (SSSR count). The maximum Gasteiger partial charge on any atom is 0.266 e. The molecular weight excluding hydrogens is 282 g/mol. The van der Waals surface area contributed by atoms with E-state index in [0.717, 1.165) is 42.8 Å². The normalized spacial score (nSPS) is 18.5. The number of rotatable bonds is 3. The van der Waals surface area contributed by atoms with Gasteiger partial charge in [0.1, 0.15) is 0 Å².